The molecule has 3 rings (SSSR count). The molecule has 0 saturated heterocycles. The monoisotopic (exact) mass is 366 g/mol. The fourth-order valence-corrected chi connectivity index (χ4v) is 2.58. The van der Waals surface area contributed by atoms with Crippen LogP contribution in [0.15, 0.2) is 65.2 Å². The number of aromatic nitrogens is 1. The van der Waals surface area contributed by atoms with Crippen molar-refractivity contribution in [3.8, 4) is 11.1 Å². The van der Waals surface area contributed by atoms with Gasteiger partial charge in [-0.3, -0.25) is 4.79 Å². The molecule has 0 unspecified atom stereocenters. The zero-order valence-electron chi connectivity index (χ0n) is 14.7. The summed E-state index contributed by atoms with van der Waals surface area (Å²) in [6.45, 7) is 1.02. The molecular weight excluding hydrogens is 348 g/mol. The standard InChI is InChI=1S/C20H18N2O5/c1-14-11-21-19(27-14)22(12-18(23)24)20(25)26-13-16-9-5-6-10-17(16)15-7-3-2-4-8-15/h2-11H,12-13H2,1H3,(H,23,24). The van der Waals surface area contributed by atoms with Crippen LogP contribution in [-0.2, 0) is 16.1 Å². The summed E-state index contributed by atoms with van der Waals surface area (Å²) >= 11 is 0. The van der Waals surface area contributed by atoms with Crippen LogP contribution in [-0.4, -0.2) is 28.7 Å². The first kappa shape index (κ1) is 18.2. The number of rotatable bonds is 6. The lowest BCUT2D eigenvalue weighted by atomic mass is 10.0. The van der Waals surface area contributed by atoms with Crippen molar-refractivity contribution in [3.63, 3.8) is 0 Å². The number of ether oxygens (including phenoxy) is 1. The van der Waals surface area contributed by atoms with Crippen LogP contribution in [0.25, 0.3) is 11.1 Å². The molecule has 0 aliphatic rings. The quantitative estimate of drug-likeness (QED) is 0.712. The molecule has 2 aromatic carbocycles. The van der Waals surface area contributed by atoms with E-state index in [0.717, 1.165) is 21.6 Å². The first-order chi connectivity index (χ1) is 13.0. The summed E-state index contributed by atoms with van der Waals surface area (Å²) in [6.07, 6.45) is 0.560. The molecule has 0 spiro atoms. The lowest BCUT2D eigenvalue weighted by Crippen LogP contribution is -2.36. The Morgan fingerprint density at radius 3 is 2.48 bits per heavy atom. The number of nitrogens with zero attached hydrogens (tertiary/aromatic N) is 2. The first-order valence-corrected chi connectivity index (χ1v) is 8.26. The molecule has 0 aliphatic carbocycles. The molecule has 0 bridgehead atoms. The van der Waals surface area contributed by atoms with Gasteiger partial charge in [0, 0.05) is 0 Å². The fourth-order valence-electron chi connectivity index (χ4n) is 2.58. The number of anilines is 1. The topological polar surface area (TPSA) is 92.9 Å². The fraction of sp³-hybridized carbons (Fsp3) is 0.150. The van der Waals surface area contributed by atoms with Crippen LogP contribution >= 0.6 is 0 Å². The van der Waals surface area contributed by atoms with E-state index in [2.05, 4.69) is 4.98 Å². The highest BCUT2D eigenvalue weighted by Gasteiger charge is 2.25. The van der Waals surface area contributed by atoms with Gasteiger partial charge in [-0.25, -0.2) is 14.7 Å². The summed E-state index contributed by atoms with van der Waals surface area (Å²) in [7, 11) is 0. The van der Waals surface area contributed by atoms with Gasteiger partial charge in [0.15, 0.2) is 0 Å². The number of amides is 1. The minimum Gasteiger partial charge on any atom is -0.480 e. The van der Waals surface area contributed by atoms with Crippen molar-refractivity contribution in [1.29, 1.82) is 0 Å². The van der Waals surface area contributed by atoms with E-state index in [0.29, 0.717) is 5.76 Å². The van der Waals surface area contributed by atoms with E-state index < -0.39 is 18.6 Å². The van der Waals surface area contributed by atoms with Gasteiger partial charge in [0.05, 0.1) is 6.20 Å². The van der Waals surface area contributed by atoms with Gasteiger partial charge in [0.25, 0.3) is 0 Å². The van der Waals surface area contributed by atoms with Gasteiger partial charge in [-0.15, -0.1) is 0 Å². The normalized spacial score (nSPS) is 10.4. The molecular formula is C20H18N2O5. The third-order valence-electron chi connectivity index (χ3n) is 3.81. The van der Waals surface area contributed by atoms with Crippen molar-refractivity contribution < 1.29 is 23.8 Å². The molecule has 0 aliphatic heterocycles. The van der Waals surface area contributed by atoms with E-state index in [-0.39, 0.29) is 12.6 Å². The minimum absolute atomic E-state index is 0.0142. The van der Waals surface area contributed by atoms with E-state index in [1.165, 1.54) is 6.20 Å². The number of aliphatic carboxylic acids is 1. The van der Waals surface area contributed by atoms with E-state index in [1.54, 1.807) is 6.92 Å². The van der Waals surface area contributed by atoms with Crippen LogP contribution in [0.1, 0.15) is 11.3 Å². The Morgan fingerprint density at radius 1 is 1.11 bits per heavy atom. The Labute approximate surface area is 155 Å². The maximum atomic E-state index is 12.4. The molecule has 27 heavy (non-hydrogen) atoms. The average molecular weight is 366 g/mol. The van der Waals surface area contributed by atoms with E-state index in [1.807, 2.05) is 54.6 Å². The molecule has 0 saturated carbocycles. The van der Waals surface area contributed by atoms with Gasteiger partial charge < -0.3 is 14.3 Å². The molecule has 0 radical (unpaired) electrons. The molecule has 7 heteroatoms. The molecule has 1 amide bonds. The number of hydrogen-bond donors (Lipinski definition) is 1. The van der Waals surface area contributed by atoms with Crippen LogP contribution in [0.4, 0.5) is 10.8 Å². The first-order valence-electron chi connectivity index (χ1n) is 8.26. The summed E-state index contributed by atoms with van der Waals surface area (Å²) in [6, 6.07) is 17.1. The summed E-state index contributed by atoms with van der Waals surface area (Å²) in [5.74, 6) is -0.741. The molecule has 1 N–H and O–H groups in total. The second-order valence-electron chi connectivity index (χ2n) is 5.81. The van der Waals surface area contributed by atoms with Crippen molar-refractivity contribution >= 4 is 18.1 Å². The summed E-state index contributed by atoms with van der Waals surface area (Å²) < 4.78 is 10.6. The Kier molecular flexibility index (Phi) is 5.51. The van der Waals surface area contributed by atoms with Gasteiger partial charge >= 0.3 is 18.1 Å². The van der Waals surface area contributed by atoms with E-state index in [4.69, 9.17) is 14.3 Å². The molecule has 1 heterocycles. The van der Waals surface area contributed by atoms with Crippen molar-refractivity contribution in [2.75, 3.05) is 11.4 Å². The third kappa shape index (κ3) is 4.52. The summed E-state index contributed by atoms with van der Waals surface area (Å²) in [5, 5.41) is 9.06. The second kappa shape index (κ2) is 8.18. The van der Waals surface area contributed by atoms with Gasteiger partial charge in [0.2, 0.25) is 0 Å². The lowest BCUT2D eigenvalue weighted by Gasteiger charge is -2.17. The van der Waals surface area contributed by atoms with Gasteiger partial charge in [-0.1, -0.05) is 54.6 Å². The van der Waals surface area contributed by atoms with E-state index in [9.17, 15) is 9.59 Å². The maximum absolute atomic E-state index is 12.4. The van der Waals surface area contributed by atoms with E-state index >= 15 is 0 Å². The Bertz CT molecular complexity index is 936. The smallest absolute Gasteiger partial charge is 0.418 e. The average Bonchev–Trinajstić information content (AvgIpc) is 3.11. The molecule has 3 aromatic rings. The van der Waals surface area contributed by atoms with Crippen LogP contribution in [0.5, 0.6) is 0 Å². The number of carboxylic acids is 1. The van der Waals surface area contributed by atoms with Gasteiger partial charge in [0.1, 0.15) is 18.9 Å². The number of hydrogen-bond acceptors (Lipinski definition) is 5. The van der Waals surface area contributed by atoms with Crippen molar-refractivity contribution in [3.05, 3.63) is 72.1 Å². The highest BCUT2D eigenvalue weighted by atomic mass is 16.6. The lowest BCUT2D eigenvalue weighted by molar-refractivity contribution is -0.135. The molecule has 0 atom stereocenters. The Hall–Kier alpha value is -3.61. The Balaban J connectivity index is 1.77. The molecule has 138 valence electrons. The zero-order chi connectivity index (χ0) is 19.2. The Morgan fingerprint density at radius 2 is 1.81 bits per heavy atom. The predicted octanol–water partition coefficient (Wildman–Crippen LogP) is 3.88. The molecule has 1 aromatic heterocycles. The van der Waals surface area contributed by atoms with Crippen LogP contribution in [0, 0.1) is 6.92 Å². The molecule has 7 nitrogen and oxygen atoms in total. The van der Waals surface area contributed by atoms with Crippen LogP contribution in [0.2, 0.25) is 0 Å². The van der Waals surface area contributed by atoms with Crippen molar-refractivity contribution in [2.45, 2.75) is 13.5 Å². The number of carbonyl (C=O) groups is 2. The minimum atomic E-state index is -1.20. The van der Waals surface area contributed by atoms with Crippen molar-refractivity contribution in [1.82, 2.24) is 4.98 Å². The second-order valence-corrected chi connectivity index (χ2v) is 5.81. The number of oxazole rings is 1. The maximum Gasteiger partial charge on any atom is 0.418 e. The van der Waals surface area contributed by atoms with Crippen LogP contribution in [0.3, 0.4) is 0 Å². The zero-order valence-corrected chi connectivity index (χ0v) is 14.7. The van der Waals surface area contributed by atoms with Crippen molar-refractivity contribution in [2.24, 2.45) is 0 Å². The highest BCUT2D eigenvalue weighted by molar-refractivity contribution is 5.90. The predicted molar refractivity (Wildman–Crippen MR) is 98.3 cm³/mol. The molecule has 0 fully saturated rings. The summed E-state index contributed by atoms with van der Waals surface area (Å²) in [5.41, 5.74) is 2.73. The number of carbonyl (C=O) groups excluding carboxylic acids is 1. The number of benzene rings is 2. The van der Waals surface area contributed by atoms with Crippen LogP contribution < -0.4 is 4.90 Å². The number of carboxylic acid groups (broad SMARTS) is 1. The van der Waals surface area contributed by atoms with Gasteiger partial charge in [-0.2, -0.15) is 0 Å². The third-order valence-corrected chi connectivity index (χ3v) is 3.81. The highest BCUT2D eigenvalue weighted by Crippen LogP contribution is 2.24. The largest absolute Gasteiger partial charge is 0.480 e. The number of aryl methyl sites for hydroxylation is 1. The summed E-state index contributed by atoms with van der Waals surface area (Å²) in [4.78, 5) is 28.3. The SMILES string of the molecule is Cc1cnc(N(CC(=O)O)C(=O)OCc2ccccc2-c2ccccc2)o1. The van der Waals surface area contributed by atoms with Gasteiger partial charge in [-0.05, 0) is 23.6 Å².